The maximum atomic E-state index is 11.5. The minimum atomic E-state index is -1.52. The maximum absolute atomic E-state index is 11.5. The van der Waals surface area contributed by atoms with Gasteiger partial charge < -0.3 is 19.9 Å². The summed E-state index contributed by atoms with van der Waals surface area (Å²) >= 11 is 5.49. The van der Waals surface area contributed by atoms with Crippen molar-refractivity contribution in [2.24, 2.45) is 0 Å². The third-order valence-electron chi connectivity index (χ3n) is 1.96. The highest BCUT2D eigenvalue weighted by molar-refractivity contribution is 6.29. The van der Waals surface area contributed by atoms with Crippen molar-refractivity contribution in [3.8, 4) is 0 Å². The standard InChI is InChI=1S/C10H12ClNO5/c1-10(16,4-8(13)14)5-12-9(15)6-2-3-7(11)17-6/h2-3,16H,4-5H2,1H3,(H,12,15)(H,13,14). The molecule has 0 saturated heterocycles. The third kappa shape index (κ3) is 4.46. The summed E-state index contributed by atoms with van der Waals surface area (Å²) in [7, 11) is 0. The number of carbonyl (C=O) groups is 2. The fraction of sp³-hybridized carbons (Fsp3) is 0.400. The number of amides is 1. The number of nitrogens with one attached hydrogen (secondary N) is 1. The van der Waals surface area contributed by atoms with Gasteiger partial charge in [-0.1, -0.05) is 0 Å². The SMILES string of the molecule is CC(O)(CNC(=O)c1ccc(Cl)o1)CC(=O)O. The molecule has 7 heteroatoms. The number of furan rings is 1. The molecule has 3 N–H and O–H groups in total. The molecule has 94 valence electrons. The van der Waals surface area contributed by atoms with E-state index in [0.29, 0.717) is 0 Å². The van der Waals surface area contributed by atoms with Crippen molar-refractivity contribution in [2.45, 2.75) is 18.9 Å². The van der Waals surface area contributed by atoms with Gasteiger partial charge in [0.05, 0.1) is 12.0 Å². The fourth-order valence-electron chi connectivity index (χ4n) is 1.18. The molecule has 0 fully saturated rings. The minimum absolute atomic E-state index is 0.00104. The summed E-state index contributed by atoms with van der Waals surface area (Å²) in [5.41, 5.74) is -1.52. The molecule has 17 heavy (non-hydrogen) atoms. The number of carboxylic acid groups (broad SMARTS) is 1. The van der Waals surface area contributed by atoms with Crippen LogP contribution in [0.1, 0.15) is 23.9 Å². The van der Waals surface area contributed by atoms with E-state index in [4.69, 9.17) is 21.1 Å². The number of carboxylic acids is 1. The van der Waals surface area contributed by atoms with Crippen LogP contribution in [-0.2, 0) is 4.79 Å². The lowest BCUT2D eigenvalue weighted by molar-refractivity contribution is -0.141. The molecule has 0 aliphatic carbocycles. The van der Waals surface area contributed by atoms with Crippen molar-refractivity contribution in [3.05, 3.63) is 23.1 Å². The summed E-state index contributed by atoms with van der Waals surface area (Å²) in [5.74, 6) is -1.71. The Morgan fingerprint density at radius 1 is 1.53 bits per heavy atom. The summed E-state index contributed by atoms with van der Waals surface area (Å²) in [5, 5.41) is 20.6. The zero-order valence-corrected chi connectivity index (χ0v) is 9.82. The molecule has 1 aromatic heterocycles. The van der Waals surface area contributed by atoms with Crippen LogP contribution in [0, 0.1) is 0 Å². The number of hydrogen-bond acceptors (Lipinski definition) is 4. The second-order valence-electron chi connectivity index (χ2n) is 3.85. The first-order valence-corrected chi connectivity index (χ1v) is 5.16. The van der Waals surface area contributed by atoms with Crippen LogP contribution < -0.4 is 5.32 Å². The van der Waals surface area contributed by atoms with Gasteiger partial charge in [-0.05, 0) is 30.7 Å². The van der Waals surface area contributed by atoms with E-state index in [1.807, 2.05) is 0 Å². The van der Waals surface area contributed by atoms with E-state index in [1.165, 1.54) is 19.1 Å². The maximum Gasteiger partial charge on any atom is 0.306 e. The molecule has 1 heterocycles. The van der Waals surface area contributed by atoms with Crippen molar-refractivity contribution < 1.29 is 24.2 Å². The number of hydrogen-bond donors (Lipinski definition) is 3. The Morgan fingerprint density at radius 3 is 2.65 bits per heavy atom. The van der Waals surface area contributed by atoms with Crippen LogP contribution in [0.25, 0.3) is 0 Å². The zero-order chi connectivity index (χ0) is 13.1. The minimum Gasteiger partial charge on any atom is -0.481 e. The third-order valence-corrected chi connectivity index (χ3v) is 2.16. The van der Waals surface area contributed by atoms with E-state index < -0.39 is 23.9 Å². The molecular formula is C10H12ClNO5. The van der Waals surface area contributed by atoms with Crippen molar-refractivity contribution in [1.29, 1.82) is 0 Å². The Bertz CT molecular complexity index is 426. The van der Waals surface area contributed by atoms with Gasteiger partial charge >= 0.3 is 5.97 Å². The van der Waals surface area contributed by atoms with Gasteiger partial charge in [0.1, 0.15) is 0 Å². The molecular weight excluding hydrogens is 250 g/mol. The summed E-state index contributed by atoms with van der Waals surface area (Å²) in [6, 6.07) is 2.79. The van der Waals surface area contributed by atoms with Crippen molar-refractivity contribution in [1.82, 2.24) is 5.32 Å². The lowest BCUT2D eigenvalue weighted by atomic mass is 10.0. The Morgan fingerprint density at radius 2 is 2.18 bits per heavy atom. The Hall–Kier alpha value is -1.53. The van der Waals surface area contributed by atoms with E-state index in [-0.39, 0.29) is 17.5 Å². The second kappa shape index (κ2) is 5.20. The molecule has 1 atom stereocenters. The molecule has 1 amide bonds. The highest BCUT2D eigenvalue weighted by Crippen LogP contribution is 2.13. The topological polar surface area (TPSA) is 99.8 Å². The Balaban J connectivity index is 2.51. The van der Waals surface area contributed by atoms with Crippen LogP contribution in [0.3, 0.4) is 0 Å². The van der Waals surface area contributed by atoms with Crippen molar-refractivity contribution in [2.75, 3.05) is 6.54 Å². The Labute approximate surface area is 102 Å². The lowest BCUT2D eigenvalue weighted by Crippen LogP contribution is -2.42. The number of rotatable bonds is 5. The number of halogens is 1. The highest BCUT2D eigenvalue weighted by atomic mass is 35.5. The van der Waals surface area contributed by atoms with Gasteiger partial charge in [0.2, 0.25) is 0 Å². The van der Waals surface area contributed by atoms with Gasteiger partial charge in [0.15, 0.2) is 11.0 Å². The fourth-order valence-corrected chi connectivity index (χ4v) is 1.33. The van der Waals surface area contributed by atoms with Gasteiger partial charge in [-0.25, -0.2) is 0 Å². The van der Waals surface area contributed by atoms with Gasteiger partial charge in [0.25, 0.3) is 5.91 Å². The molecule has 1 unspecified atom stereocenters. The van der Waals surface area contributed by atoms with Gasteiger partial charge in [-0.15, -0.1) is 0 Å². The summed E-state index contributed by atoms with van der Waals surface area (Å²) in [6.07, 6.45) is -0.466. The van der Waals surface area contributed by atoms with Gasteiger partial charge in [0, 0.05) is 6.54 Å². The normalized spacial score (nSPS) is 14.1. The molecule has 0 saturated carbocycles. The molecule has 0 radical (unpaired) electrons. The second-order valence-corrected chi connectivity index (χ2v) is 4.23. The summed E-state index contributed by atoms with van der Waals surface area (Å²) in [4.78, 5) is 21.9. The van der Waals surface area contributed by atoms with Crippen molar-refractivity contribution in [3.63, 3.8) is 0 Å². The van der Waals surface area contributed by atoms with E-state index in [0.717, 1.165) is 0 Å². The molecule has 1 aromatic rings. The number of aliphatic carboxylic acids is 1. The predicted octanol–water partition coefficient (Wildman–Crippen LogP) is 0.889. The number of carbonyl (C=O) groups excluding carboxylic acids is 1. The molecule has 0 aliphatic heterocycles. The van der Waals surface area contributed by atoms with E-state index in [9.17, 15) is 14.7 Å². The van der Waals surface area contributed by atoms with Crippen LogP contribution in [0.4, 0.5) is 0 Å². The number of aliphatic hydroxyl groups is 1. The lowest BCUT2D eigenvalue weighted by Gasteiger charge is -2.20. The Kier molecular flexibility index (Phi) is 4.14. The van der Waals surface area contributed by atoms with Crippen LogP contribution >= 0.6 is 11.6 Å². The molecule has 0 aliphatic rings. The first-order chi connectivity index (χ1) is 7.80. The largest absolute Gasteiger partial charge is 0.481 e. The van der Waals surface area contributed by atoms with Crippen LogP contribution in [0.2, 0.25) is 5.22 Å². The highest BCUT2D eigenvalue weighted by Gasteiger charge is 2.25. The molecule has 6 nitrogen and oxygen atoms in total. The average molecular weight is 262 g/mol. The van der Waals surface area contributed by atoms with E-state index >= 15 is 0 Å². The molecule has 0 spiro atoms. The van der Waals surface area contributed by atoms with Crippen LogP contribution in [0.15, 0.2) is 16.5 Å². The van der Waals surface area contributed by atoms with E-state index in [2.05, 4.69) is 5.32 Å². The van der Waals surface area contributed by atoms with Gasteiger partial charge in [-0.3, -0.25) is 9.59 Å². The molecule has 0 bridgehead atoms. The monoisotopic (exact) mass is 261 g/mol. The first kappa shape index (κ1) is 13.5. The van der Waals surface area contributed by atoms with Gasteiger partial charge in [-0.2, -0.15) is 0 Å². The van der Waals surface area contributed by atoms with Crippen molar-refractivity contribution >= 4 is 23.5 Å². The first-order valence-electron chi connectivity index (χ1n) is 4.78. The smallest absolute Gasteiger partial charge is 0.306 e. The van der Waals surface area contributed by atoms with Crippen LogP contribution in [-0.4, -0.2) is 34.2 Å². The zero-order valence-electron chi connectivity index (χ0n) is 9.07. The van der Waals surface area contributed by atoms with E-state index in [1.54, 1.807) is 0 Å². The summed E-state index contributed by atoms with van der Waals surface area (Å²) < 4.78 is 4.85. The molecule has 1 rings (SSSR count). The molecule has 0 aromatic carbocycles. The quantitative estimate of drug-likeness (QED) is 0.731. The average Bonchev–Trinajstić information content (AvgIpc) is 2.59. The predicted molar refractivity (Wildman–Crippen MR) is 58.9 cm³/mol. The van der Waals surface area contributed by atoms with Crippen LogP contribution in [0.5, 0.6) is 0 Å². The summed E-state index contributed by atoms with van der Waals surface area (Å²) in [6.45, 7) is 1.12.